The van der Waals surface area contributed by atoms with Gasteiger partial charge in [-0.3, -0.25) is 0 Å². The third-order valence-corrected chi connectivity index (χ3v) is 3.33. The highest BCUT2D eigenvalue weighted by Gasteiger charge is 2.20. The number of halogens is 1. The molecule has 1 N–H and O–H groups in total. The van der Waals surface area contributed by atoms with Gasteiger partial charge in [0.25, 0.3) is 0 Å². The molecule has 0 aliphatic carbocycles. The van der Waals surface area contributed by atoms with Crippen molar-refractivity contribution in [3.63, 3.8) is 0 Å². The molecule has 1 heterocycles. The van der Waals surface area contributed by atoms with Crippen LogP contribution in [0.5, 0.6) is 5.75 Å². The highest BCUT2D eigenvalue weighted by Crippen LogP contribution is 2.30. The van der Waals surface area contributed by atoms with Crippen LogP contribution in [-0.4, -0.2) is 26.3 Å². The van der Waals surface area contributed by atoms with Gasteiger partial charge in [0.05, 0.1) is 23.8 Å². The van der Waals surface area contributed by atoms with Gasteiger partial charge >= 0.3 is 0 Å². The number of ether oxygens (including phenoxy) is 2. The maximum absolute atomic E-state index is 5.88. The van der Waals surface area contributed by atoms with E-state index in [1.54, 1.807) is 7.11 Å². The summed E-state index contributed by atoms with van der Waals surface area (Å²) in [5.74, 6) is 0.848. The van der Waals surface area contributed by atoms with Crippen LogP contribution in [0.4, 0.5) is 0 Å². The van der Waals surface area contributed by atoms with E-state index in [0.29, 0.717) is 0 Å². The Balaban J connectivity index is 2.17. The van der Waals surface area contributed by atoms with Gasteiger partial charge in [-0.25, -0.2) is 0 Å². The summed E-state index contributed by atoms with van der Waals surface area (Å²) < 4.78 is 12.0. The van der Waals surface area contributed by atoms with E-state index >= 15 is 0 Å². The number of hydrogen-bond acceptors (Lipinski definition) is 3. The van der Waals surface area contributed by atoms with Crippen molar-refractivity contribution in [1.82, 2.24) is 5.32 Å². The fraction of sp³-hybridized carbons (Fsp3) is 0.500. The van der Waals surface area contributed by atoms with E-state index in [0.717, 1.165) is 23.3 Å². The summed E-state index contributed by atoms with van der Waals surface area (Å²) in [5.41, 5.74) is 1.17. The van der Waals surface area contributed by atoms with Crippen LogP contribution >= 0.6 is 15.9 Å². The van der Waals surface area contributed by atoms with Crippen molar-refractivity contribution >= 4 is 15.9 Å². The van der Waals surface area contributed by atoms with Gasteiger partial charge in [-0.15, -0.1) is 0 Å². The Hall–Kier alpha value is -0.580. The third-order valence-electron chi connectivity index (χ3n) is 2.71. The maximum atomic E-state index is 5.88. The van der Waals surface area contributed by atoms with Crippen LogP contribution in [0.3, 0.4) is 0 Å². The zero-order valence-electron chi connectivity index (χ0n) is 9.50. The Morgan fingerprint density at radius 3 is 2.88 bits per heavy atom. The fourth-order valence-electron chi connectivity index (χ4n) is 1.87. The Bertz CT molecular complexity index is 370. The predicted octanol–water partition coefficient (Wildman–Crippen LogP) is 2.51. The van der Waals surface area contributed by atoms with Crippen molar-refractivity contribution in [2.75, 3.05) is 20.2 Å². The van der Waals surface area contributed by atoms with Crippen LogP contribution in [0.2, 0.25) is 0 Å². The molecule has 4 heteroatoms. The van der Waals surface area contributed by atoms with Crippen LogP contribution in [-0.2, 0) is 4.74 Å². The van der Waals surface area contributed by atoms with Crippen LogP contribution in [0.15, 0.2) is 22.7 Å². The van der Waals surface area contributed by atoms with Gasteiger partial charge in [0.1, 0.15) is 5.75 Å². The van der Waals surface area contributed by atoms with Gasteiger partial charge in [-0.1, -0.05) is 6.07 Å². The number of benzene rings is 1. The molecule has 88 valence electrons. The van der Waals surface area contributed by atoms with E-state index in [1.807, 2.05) is 12.1 Å². The molecule has 0 bridgehead atoms. The fourth-order valence-corrected chi connectivity index (χ4v) is 2.43. The molecule has 0 spiro atoms. The van der Waals surface area contributed by atoms with Crippen molar-refractivity contribution < 1.29 is 9.47 Å². The monoisotopic (exact) mass is 285 g/mol. The average molecular weight is 286 g/mol. The van der Waals surface area contributed by atoms with E-state index < -0.39 is 0 Å². The summed E-state index contributed by atoms with van der Waals surface area (Å²) >= 11 is 3.49. The molecule has 2 rings (SSSR count). The minimum atomic E-state index is 0.131. The Kier molecular flexibility index (Phi) is 3.84. The van der Waals surface area contributed by atoms with Gasteiger partial charge in [0, 0.05) is 13.1 Å². The molecule has 0 amide bonds. The molecule has 1 aliphatic heterocycles. The molecule has 1 saturated heterocycles. The lowest BCUT2D eigenvalue weighted by Crippen LogP contribution is -2.38. The number of methoxy groups -OCH3 is 1. The van der Waals surface area contributed by atoms with Crippen LogP contribution in [0.25, 0.3) is 0 Å². The van der Waals surface area contributed by atoms with E-state index in [1.165, 1.54) is 5.56 Å². The molecule has 1 aromatic rings. The summed E-state index contributed by atoms with van der Waals surface area (Å²) in [5, 5.41) is 3.36. The first-order valence-corrected chi connectivity index (χ1v) is 6.19. The summed E-state index contributed by atoms with van der Waals surface area (Å²) in [4.78, 5) is 0. The van der Waals surface area contributed by atoms with E-state index in [-0.39, 0.29) is 12.2 Å². The Labute approximate surface area is 104 Å². The lowest BCUT2D eigenvalue weighted by molar-refractivity contribution is -0.0287. The van der Waals surface area contributed by atoms with E-state index in [2.05, 4.69) is 34.2 Å². The molecule has 2 atom stereocenters. The number of morpholine rings is 1. The molecule has 16 heavy (non-hydrogen) atoms. The summed E-state index contributed by atoms with van der Waals surface area (Å²) in [7, 11) is 1.67. The SMILES string of the molecule is COc1ccc(C2CNCC(C)O2)cc1Br. The van der Waals surface area contributed by atoms with Crippen LogP contribution in [0, 0.1) is 0 Å². The molecule has 0 radical (unpaired) electrons. The van der Waals surface area contributed by atoms with E-state index in [9.17, 15) is 0 Å². The molecular formula is C12H16BrNO2. The zero-order chi connectivity index (χ0) is 11.5. The summed E-state index contributed by atoms with van der Waals surface area (Å²) in [6.07, 6.45) is 0.394. The smallest absolute Gasteiger partial charge is 0.133 e. The molecule has 0 aromatic heterocycles. The molecule has 1 aliphatic rings. The lowest BCUT2D eigenvalue weighted by Gasteiger charge is -2.29. The van der Waals surface area contributed by atoms with Crippen molar-refractivity contribution in [1.29, 1.82) is 0 Å². The van der Waals surface area contributed by atoms with Gasteiger partial charge < -0.3 is 14.8 Å². The minimum absolute atomic E-state index is 0.131. The highest BCUT2D eigenvalue weighted by molar-refractivity contribution is 9.10. The first-order chi connectivity index (χ1) is 7.70. The van der Waals surface area contributed by atoms with Gasteiger partial charge in [0.15, 0.2) is 0 Å². The van der Waals surface area contributed by atoms with Gasteiger partial charge in [-0.2, -0.15) is 0 Å². The van der Waals surface area contributed by atoms with Gasteiger partial charge in [-0.05, 0) is 40.5 Å². The topological polar surface area (TPSA) is 30.5 Å². The molecular weight excluding hydrogens is 270 g/mol. The standard InChI is InChI=1S/C12H16BrNO2/c1-8-6-14-7-12(16-8)9-3-4-11(15-2)10(13)5-9/h3-5,8,12,14H,6-7H2,1-2H3. The first kappa shape index (κ1) is 11.9. The molecule has 3 nitrogen and oxygen atoms in total. The minimum Gasteiger partial charge on any atom is -0.496 e. The lowest BCUT2D eigenvalue weighted by atomic mass is 10.1. The van der Waals surface area contributed by atoms with Crippen LogP contribution < -0.4 is 10.1 Å². The Morgan fingerprint density at radius 1 is 1.44 bits per heavy atom. The van der Waals surface area contributed by atoms with Gasteiger partial charge in [0.2, 0.25) is 0 Å². The Morgan fingerprint density at radius 2 is 2.25 bits per heavy atom. The second kappa shape index (κ2) is 5.17. The molecule has 1 fully saturated rings. The second-order valence-corrected chi connectivity index (χ2v) is 4.84. The average Bonchev–Trinajstić information content (AvgIpc) is 2.29. The predicted molar refractivity (Wildman–Crippen MR) is 66.9 cm³/mol. The second-order valence-electron chi connectivity index (χ2n) is 3.99. The maximum Gasteiger partial charge on any atom is 0.133 e. The third kappa shape index (κ3) is 2.56. The number of rotatable bonds is 2. The quantitative estimate of drug-likeness (QED) is 0.906. The molecule has 1 aromatic carbocycles. The summed E-state index contributed by atoms with van der Waals surface area (Å²) in [6, 6.07) is 6.07. The number of hydrogen-bond donors (Lipinski definition) is 1. The largest absolute Gasteiger partial charge is 0.496 e. The van der Waals surface area contributed by atoms with Crippen molar-refractivity contribution in [3.8, 4) is 5.75 Å². The van der Waals surface area contributed by atoms with Crippen LogP contribution in [0.1, 0.15) is 18.6 Å². The van der Waals surface area contributed by atoms with E-state index in [4.69, 9.17) is 9.47 Å². The zero-order valence-corrected chi connectivity index (χ0v) is 11.1. The molecule has 2 unspecified atom stereocenters. The van der Waals surface area contributed by atoms with Crippen molar-refractivity contribution in [3.05, 3.63) is 28.2 Å². The highest BCUT2D eigenvalue weighted by atomic mass is 79.9. The molecule has 0 saturated carbocycles. The summed E-state index contributed by atoms with van der Waals surface area (Å²) in [6.45, 7) is 3.87. The number of nitrogens with one attached hydrogen (secondary N) is 1. The normalized spacial score (nSPS) is 25.4. The van der Waals surface area contributed by atoms with Crippen molar-refractivity contribution in [2.45, 2.75) is 19.1 Å². The van der Waals surface area contributed by atoms with Crippen molar-refractivity contribution in [2.24, 2.45) is 0 Å². The first-order valence-electron chi connectivity index (χ1n) is 5.40.